The summed E-state index contributed by atoms with van der Waals surface area (Å²) in [5, 5.41) is 4.18. The molecule has 0 atom stereocenters. The number of hydrogen-bond donors (Lipinski definition) is 2. The SMILES string of the molecule is CCCc1nc(NN)c(C)c(-n2cccn2)n1. The van der Waals surface area contributed by atoms with Crippen molar-refractivity contribution in [1.29, 1.82) is 0 Å². The molecule has 0 fully saturated rings. The summed E-state index contributed by atoms with van der Waals surface area (Å²) in [6.45, 7) is 4.01. The molecule has 0 saturated carbocycles. The van der Waals surface area contributed by atoms with Crippen LogP contribution in [0, 0.1) is 6.92 Å². The second-order valence-electron chi connectivity index (χ2n) is 3.78. The summed E-state index contributed by atoms with van der Waals surface area (Å²) in [7, 11) is 0. The molecule has 0 bridgehead atoms. The number of nitrogen functional groups attached to an aromatic ring is 1. The van der Waals surface area contributed by atoms with E-state index in [1.54, 1.807) is 10.9 Å². The van der Waals surface area contributed by atoms with Crippen LogP contribution in [-0.4, -0.2) is 19.7 Å². The van der Waals surface area contributed by atoms with Crippen molar-refractivity contribution in [2.75, 3.05) is 5.43 Å². The predicted octanol–water partition coefficient (Wildman–Crippen LogP) is 1.21. The fourth-order valence-corrected chi connectivity index (χ4v) is 1.64. The summed E-state index contributed by atoms with van der Waals surface area (Å²) in [6, 6.07) is 1.86. The molecule has 90 valence electrons. The number of nitrogens with zero attached hydrogens (tertiary/aromatic N) is 4. The van der Waals surface area contributed by atoms with Crippen molar-refractivity contribution in [3.8, 4) is 5.82 Å². The molecule has 0 aliphatic carbocycles. The zero-order valence-corrected chi connectivity index (χ0v) is 10.0. The van der Waals surface area contributed by atoms with Gasteiger partial charge in [0.2, 0.25) is 0 Å². The van der Waals surface area contributed by atoms with Crippen molar-refractivity contribution in [1.82, 2.24) is 19.7 Å². The standard InChI is InChI=1S/C11H16N6/c1-3-5-9-14-10(16-12)8(2)11(15-9)17-7-4-6-13-17/h4,6-7H,3,5,12H2,1-2H3,(H,14,15,16). The molecule has 0 saturated heterocycles. The van der Waals surface area contributed by atoms with Gasteiger partial charge in [0.25, 0.3) is 0 Å². The number of aryl methyl sites for hydroxylation is 1. The van der Waals surface area contributed by atoms with Crippen molar-refractivity contribution in [2.24, 2.45) is 5.84 Å². The quantitative estimate of drug-likeness (QED) is 0.611. The smallest absolute Gasteiger partial charge is 0.162 e. The zero-order chi connectivity index (χ0) is 12.3. The van der Waals surface area contributed by atoms with Crippen molar-refractivity contribution >= 4 is 5.82 Å². The number of nitrogens with two attached hydrogens (primary N) is 1. The Hall–Kier alpha value is -1.95. The third-order valence-electron chi connectivity index (χ3n) is 2.50. The Morgan fingerprint density at radius 2 is 2.24 bits per heavy atom. The average Bonchev–Trinajstić information content (AvgIpc) is 2.85. The van der Waals surface area contributed by atoms with Crippen LogP contribution in [0.15, 0.2) is 18.5 Å². The molecule has 2 aromatic heterocycles. The van der Waals surface area contributed by atoms with Gasteiger partial charge in [-0.1, -0.05) is 6.92 Å². The highest BCUT2D eigenvalue weighted by atomic mass is 15.3. The van der Waals surface area contributed by atoms with Crippen LogP contribution in [0.2, 0.25) is 0 Å². The normalized spacial score (nSPS) is 10.5. The molecule has 3 N–H and O–H groups in total. The molecule has 2 aromatic rings. The van der Waals surface area contributed by atoms with Crippen LogP contribution >= 0.6 is 0 Å². The molecular weight excluding hydrogens is 216 g/mol. The molecule has 17 heavy (non-hydrogen) atoms. The fraction of sp³-hybridized carbons (Fsp3) is 0.364. The van der Waals surface area contributed by atoms with Crippen molar-refractivity contribution in [3.63, 3.8) is 0 Å². The van der Waals surface area contributed by atoms with E-state index in [1.807, 2.05) is 19.2 Å². The van der Waals surface area contributed by atoms with Crippen LogP contribution in [0.5, 0.6) is 0 Å². The number of aromatic nitrogens is 4. The minimum atomic E-state index is 0.647. The monoisotopic (exact) mass is 232 g/mol. The Morgan fingerprint density at radius 3 is 2.82 bits per heavy atom. The lowest BCUT2D eigenvalue weighted by Gasteiger charge is -2.11. The van der Waals surface area contributed by atoms with Gasteiger partial charge in [0.15, 0.2) is 5.82 Å². The van der Waals surface area contributed by atoms with Crippen LogP contribution in [0.1, 0.15) is 24.7 Å². The van der Waals surface area contributed by atoms with Gasteiger partial charge in [0, 0.05) is 24.4 Å². The number of hydrogen-bond acceptors (Lipinski definition) is 5. The third kappa shape index (κ3) is 2.26. The van der Waals surface area contributed by atoms with E-state index in [-0.39, 0.29) is 0 Å². The Bertz CT molecular complexity index is 491. The molecule has 2 heterocycles. The van der Waals surface area contributed by atoms with E-state index in [0.29, 0.717) is 5.82 Å². The molecule has 0 amide bonds. The molecule has 0 aromatic carbocycles. The van der Waals surface area contributed by atoms with Gasteiger partial charge in [-0.2, -0.15) is 5.10 Å². The van der Waals surface area contributed by atoms with E-state index in [0.717, 1.165) is 30.0 Å². The van der Waals surface area contributed by atoms with Gasteiger partial charge in [0.05, 0.1) is 0 Å². The van der Waals surface area contributed by atoms with Gasteiger partial charge in [-0.05, 0) is 19.4 Å². The van der Waals surface area contributed by atoms with Gasteiger partial charge in [-0.15, -0.1) is 0 Å². The van der Waals surface area contributed by atoms with E-state index >= 15 is 0 Å². The molecule has 0 spiro atoms. The first-order valence-electron chi connectivity index (χ1n) is 5.60. The highest BCUT2D eigenvalue weighted by Gasteiger charge is 2.11. The van der Waals surface area contributed by atoms with Crippen LogP contribution in [0.25, 0.3) is 5.82 Å². The molecule has 2 rings (SSSR count). The molecular formula is C11H16N6. The molecule has 0 aliphatic rings. The summed E-state index contributed by atoms with van der Waals surface area (Å²) in [4.78, 5) is 8.87. The summed E-state index contributed by atoms with van der Waals surface area (Å²) in [6.07, 6.45) is 5.39. The first kappa shape index (κ1) is 11.5. The molecule has 0 aliphatic heterocycles. The largest absolute Gasteiger partial charge is 0.308 e. The average molecular weight is 232 g/mol. The lowest BCUT2D eigenvalue weighted by atomic mass is 10.2. The summed E-state index contributed by atoms with van der Waals surface area (Å²) < 4.78 is 1.72. The highest BCUT2D eigenvalue weighted by Crippen LogP contribution is 2.18. The summed E-state index contributed by atoms with van der Waals surface area (Å²) in [5.41, 5.74) is 3.49. The van der Waals surface area contributed by atoms with Crippen LogP contribution in [0.4, 0.5) is 5.82 Å². The number of anilines is 1. The van der Waals surface area contributed by atoms with Crippen molar-refractivity contribution < 1.29 is 0 Å². The number of hydrazine groups is 1. The Balaban J connectivity index is 2.53. The number of rotatable bonds is 4. The maximum atomic E-state index is 5.47. The van der Waals surface area contributed by atoms with E-state index < -0.39 is 0 Å². The maximum absolute atomic E-state index is 5.47. The Labute approximate surface area is 99.9 Å². The summed E-state index contributed by atoms with van der Waals surface area (Å²) in [5.74, 6) is 7.65. The van der Waals surface area contributed by atoms with Gasteiger partial charge in [0.1, 0.15) is 11.6 Å². The highest BCUT2D eigenvalue weighted by molar-refractivity contribution is 5.50. The fourth-order valence-electron chi connectivity index (χ4n) is 1.64. The van der Waals surface area contributed by atoms with Gasteiger partial charge >= 0.3 is 0 Å². The van der Waals surface area contributed by atoms with Gasteiger partial charge < -0.3 is 5.43 Å². The lowest BCUT2D eigenvalue weighted by Crippen LogP contribution is -2.15. The minimum absolute atomic E-state index is 0.647. The van der Waals surface area contributed by atoms with Crippen molar-refractivity contribution in [3.05, 3.63) is 29.8 Å². The lowest BCUT2D eigenvalue weighted by molar-refractivity contribution is 0.778. The first-order chi connectivity index (χ1) is 8.26. The van der Waals surface area contributed by atoms with E-state index in [4.69, 9.17) is 5.84 Å². The maximum Gasteiger partial charge on any atom is 0.162 e. The Kier molecular flexibility index (Phi) is 3.34. The van der Waals surface area contributed by atoms with Crippen LogP contribution < -0.4 is 11.3 Å². The molecule has 6 nitrogen and oxygen atoms in total. The van der Waals surface area contributed by atoms with Crippen LogP contribution in [-0.2, 0) is 6.42 Å². The number of nitrogens with one attached hydrogen (secondary N) is 1. The second kappa shape index (κ2) is 4.92. The topological polar surface area (TPSA) is 81.6 Å². The Morgan fingerprint density at radius 1 is 1.41 bits per heavy atom. The second-order valence-corrected chi connectivity index (χ2v) is 3.78. The molecule has 6 heteroatoms. The van der Waals surface area contributed by atoms with Crippen molar-refractivity contribution in [2.45, 2.75) is 26.7 Å². The zero-order valence-electron chi connectivity index (χ0n) is 10.0. The van der Waals surface area contributed by atoms with Crippen LogP contribution in [0.3, 0.4) is 0 Å². The van der Waals surface area contributed by atoms with E-state index in [9.17, 15) is 0 Å². The third-order valence-corrected chi connectivity index (χ3v) is 2.50. The molecule has 0 unspecified atom stereocenters. The predicted molar refractivity (Wildman–Crippen MR) is 65.7 cm³/mol. The first-order valence-corrected chi connectivity index (χ1v) is 5.60. The minimum Gasteiger partial charge on any atom is -0.308 e. The summed E-state index contributed by atoms with van der Waals surface area (Å²) >= 11 is 0. The van der Waals surface area contributed by atoms with Gasteiger partial charge in [-0.3, -0.25) is 0 Å². The molecule has 0 radical (unpaired) electrons. The van der Waals surface area contributed by atoms with E-state index in [1.165, 1.54) is 0 Å². The van der Waals surface area contributed by atoms with Gasteiger partial charge in [-0.25, -0.2) is 20.5 Å². The van der Waals surface area contributed by atoms with E-state index in [2.05, 4.69) is 27.4 Å².